The predicted molar refractivity (Wildman–Crippen MR) is 386 cm³/mol. The first-order chi connectivity index (χ1) is 47.9. The molecule has 28 heteroatoms. The molecule has 3 aromatic rings. The molecule has 0 radical (unpaired) electrons. The number of urea groups is 1. The maximum atomic E-state index is 14.1. The number of nitrogens with two attached hydrogens (primary N) is 4. The molecule has 6 unspecified atom stereocenters. The van der Waals surface area contributed by atoms with E-state index in [1.807, 2.05) is 31.2 Å². The molecule has 3 fully saturated rings. The molecule has 3 aliphatic carbocycles. The fourth-order valence-electron chi connectivity index (χ4n) is 16.2. The Balaban J connectivity index is 0.887. The number of hydrogen-bond donors (Lipinski definition) is 12. The van der Waals surface area contributed by atoms with Crippen molar-refractivity contribution in [1.82, 2.24) is 36.1 Å². The lowest BCUT2D eigenvalue weighted by Gasteiger charge is -2.80. The molecule has 2 heterocycles. The van der Waals surface area contributed by atoms with E-state index in [2.05, 4.69) is 58.5 Å². The van der Waals surface area contributed by atoms with Crippen molar-refractivity contribution < 1.29 is 67.4 Å². The molecule has 3 saturated carbocycles. The van der Waals surface area contributed by atoms with Gasteiger partial charge >= 0.3 is 19.6 Å². The number of rotatable bonds is 41. The molecule has 0 aromatic heterocycles. The van der Waals surface area contributed by atoms with Crippen molar-refractivity contribution in [3.8, 4) is 0 Å². The van der Waals surface area contributed by atoms with Gasteiger partial charge in [0.15, 0.2) is 0 Å². The van der Waals surface area contributed by atoms with E-state index in [0.29, 0.717) is 82.4 Å². The topological polar surface area (TPSA) is 407 Å². The van der Waals surface area contributed by atoms with Crippen molar-refractivity contribution in [2.45, 2.75) is 153 Å². The van der Waals surface area contributed by atoms with Gasteiger partial charge in [-0.1, -0.05) is 108 Å². The Labute approximate surface area is 595 Å². The number of unbranched alkanes of at least 4 members (excludes halogenated alkanes) is 2. The molecule has 3 aromatic carbocycles. The fraction of sp³-hybridized carbons (Fsp3) is 0.507. The predicted octanol–water partition coefficient (Wildman–Crippen LogP) is 7.09. The number of imide groups is 1. The quantitative estimate of drug-likeness (QED) is 0.00512. The molecule has 26 nitrogen and oxygen atoms in total. The number of nitrogen functional groups attached to an aromatic ring is 1. The summed E-state index contributed by atoms with van der Waals surface area (Å²) in [5.41, 5.74) is 29.5. The van der Waals surface area contributed by atoms with E-state index in [0.717, 1.165) is 46.7 Å². The number of carbonyl (C=O) groups is 8. The highest BCUT2D eigenvalue weighted by Crippen LogP contribution is 2.80. The minimum absolute atomic E-state index is 0.0154. The van der Waals surface area contributed by atoms with E-state index in [1.165, 1.54) is 23.9 Å². The maximum Gasteiger partial charge on any atom is 0.325 e. The van der Waals surface area contributed by atoms with Gasteiger partial charge in [0.2, 0.25) is 17.7 Å². The molecule has 0 bridgehead atoms. The number of carboxylic acids is 1. The van der Waals surface area contributed by atoms with Crippen LogP contribution in [-0.4, -0.2) is 153 Å². The third kappa shape index (κ3) is 20.0. The zero-order valence-electron chi connectivity index (χ0n) is 58.5. The zero-order valence-corrected chi connectivity index (χ0v) is 60.2. The van der Waals surface area contributed by atoms with E-state index in [4.69, 9.17) is 32.5 Å². The average Bonchev–Trinajstić information content (AvgIpc) is 0.661. The van der Waals surface area contributed by atoms with Crippen LogP contribution in [0.3, 0.4) is 0 Å². The molecule has 0 spiro atoms. The van der Waals surface area contributed by atoms with Gasteiger partial charge in [0.25, 0.3) is 17.7 Å². The van der Waals surface area contributed by atoms with E-state index in [-0.39, 0.29) is 125 Å². The first-order valence-corrected chi connectivity index (χ1v) is 37.3. The smallest absolute Gasteiger partial charge is 0.325 e. The van der Waals surface area contributed by atoms with Gasteiger partial charge in [-0.25, -0.2) is 4.79 Å². The molecular weight excluding hydrogens is 1330 g/mol. The van der Waals surface area contributed by atoms with Crippen LogP contribution in [0.4, 0.5) is 16.2 Å². The number of ether oxygens (including phenoxy) is 1. The molecule has 8 rings (SSSR count). The van der Waals surface area contributed by atoms with Crippen LogP contribution < -0.4 is 49.5 Å². The molecule has 2 aliphatic heterocycles. The van der Waals surface area contributed by atoms with Gasteiger partial charge in [-0.3, -0.25) is 47.9 Å². The summed E-state index contributed by atoms with van der Waals surface area (Å²) in [5.74, 6) is -4.68. The van der Waals surface area contributed by atoms with Crippen molar-refractivity contribution in [2.75, 3.05) is 63.1 Å². The van der Waals surface area contributed by atoms with Gasteiger partial charge in [0.1, 0.15) is 18.2 Å². The van der Waals surface area contributed by atoms with Gasteiger partial charge in [-0.15, -0.1) is 0 Å². The number of aliphatic carboxylic acids is 1. The van der Waals surface area contributed by atoms with Gasteiger partial charge in [-0.05, 0) is 159 Å². The van der Waals surface area contributed by atoms with Gasteiger partial charge in [0.05, 0.1) is 35.9 Å². The number of thioether (sulfide) groups is 1. The first-order valence-electron chi connectivity index (χ1n) is 34.7. The normalized spacial score (nSPS) is 22.3. The number of anilines is 2. The number of benzene rings is 3. The summed E-state index contributed by atoms with van der Waals surface area (Å²) < 4.78 is 19.0. The second-order valence-electron chi connectivity index (χ2n) is 28.1. The number of amides is 8. The van der Waals surface area contributed by atoms with Gasteiger partial charge in [0, 0.05) is 90.3 Å². The van der Waals surface area contributed by atoms with Crippen LogP contribution in [0.5, 0.6) is 0 Å². The van der Waals surface area contributed by atoms with Crippen LogP contribution in [0.2, 0.25) is 0 Å². The molecule has 8 amide bonds. The third-order valence-corrected chi connectivity index (χ3v) is 21.8. The number of carboxylic acid groups (broad SMARTS) is 1. The zero-order chi connectivity index (χ0) is 73.6. The number of hydrogen-bond acceptors (Lipinski definition) is 17. The molecule has 9 atom stereocenters. The number of para-hydroxylation sites is 1. The standard InChI is InChI=1S/C73H101N12O14PS/c1-8-17-52(55(68(92)93)38-54-50(30-31-74)18-14-19-53(54)65(89)79-48(6)101-58-22-12-11-20-56(58)75)62-47(5)85(64(62)76)44-72-40-46(4)39-71(7)42-73(43-72,69(71)72)98-36-35-83(33-16-37-100(95,96)97)99-41-49-24-26-51(27-25-49)80-66(90)57(21-15-32-78-70(77)94)81-67(91)63(45(2)3)82-59(86)23-10-9-13-34-84-60(87)28-29-61(84)88/h8,11-12,14,17-20,22,24-29,45-46,55,57,63-64,69H,1,6,9-10,13,15-16,21,23,30-44,74-76H2,2-5,7H3,(H,79,89)(H,80,90)(H,81,91)(H,82,86)(H,92,93)(H3,77,78,94)(H2,95,96,97)/b52-17+/t46?,55?,57-,63-,64-,69?,71?,72?,73?/m0/s1. The highest BCUT2D eigenvalue weighted by molar-refractivity contribution is 8.03. The summed E-state index contributed by atoms with van der Waals surface area (Å²) in [6, 6.07) is 16.5. The third-order valence-electron chi connectivity index (χ3n) is 20.0. The Morgan fingerprint density at radius 2 is 1.64 bits per heavy atom. The monoisotopic (exact) mass is 1430 g/mol. The number of nitrogens with zero attached hydrogens (tertiary/aromatic N) is 3. The molecular formula is C73H101N12O14PS. The Morgan fingerprint density at radius 3 is 2.30 bits per heavy atom. The number of hydroxylamine groups is 2. The second-order valence-corrected chi connectivity index (χ2v) is 31.1. The lowest BCUT2D eigenvalue weighted by molar-refractivity contribution is -0.371. The van der Waals surface area contributed by atoms with E-state index in [9.17, 15) is 57.8 Å². The lowest BCUT2D eigenvalue weighted by Crippen LogP contribution is -2.81. The highest BCUT2D eigenvalue weighted by atomic mass is 32.2. The van der Waals surface area contributed by atoms with Crippen LogP contribution in [0, 0.1) is 34.5 Å². The van der Waals surface area contributed by atoms with Crippen molar-refractivity contribution >= 4 is 78.2 Å². The van der Waals surface area contributed by atoms with Crippen LogP contribution in [0.15, 0.2) is 131 Å². The molecule has 101 heavy (non-hydrogen) atoms. The van der Waals surface area contributed by atoms with Gasteiger partial charge in [-0.2, -0.15) is 5.06 Å². The molecule has 548 valence electrons. The molecule has 0 saturated heterocycles. The van der Waals surface area contributed by atoms with Crippen LogP contribution in [0.1, 0.15) is 132 Å². The Bertz CT molecular complexity index is 3710. The van der Waals surface area contributed by atoms with Crippen molar-refractivity contribution in [2.24, 2.45) is 51.7 Å². The van der Waals surface area contributed by atoms with E-state index < -0.39 is 67.1 Å². The number of allylic oxidation sites excluding steroid dienone is 3. The van der Waals surface area contributed by atoms with E-state index >= 15 is 0 Å². The van der Waals surface area contributed by atoms with Gasteiger partial charge < -0.3 is 74.0 Å². The largest absolute Gasteiger partial charge is 0.481 e. The number of nitrogens with one attached hydrogen (secondary N) is 5. The van der Waals surface area contributed by atoms with Crippen LogP contribution >= 0.6 is 19.4 Å². The Hall–Kier alpha value is -7.98. The summed E-state index contributed by atoms with van der Waals surface area (Å²) in [6.07, 6.45) is 10.8. The summed E-state index contributed by atoms with van der Waals surface area (Å²) in [6.45, 7) is 20.2. The summed E-state index contributed by atoms with van der Waals surface area (Å²) >= 11 is 1.22. The summed E-state index contributed by atoms with van der Waals surface area (Å²) in [5, 5.41) is 26.9. The SMILES string of the molecule is C=C/C=C(/C1=C(C)N(CC23CC(C)CC4(C)CC(OCCN(CCCP(=O)(O)O)OCc5ccc(NC(=O)[C@H](CCCNC(N)=O)NC(=O)[C@@H](NC(=O)CCCCCN6C(=O)C=CC6=O)C(C)C)cc5)(C2)C43)[C@@H]1N)C(Cc1c(CCN)cccc1C(=O)NC(=C)Sc1ccccc1N)C(=O)O. The molecule has 16 N–H and O–H groups in total. The van der Waals surface area contributed by atoms with Crippen molar-refractivity contribution in [1.29, 1.82) is 0 Å². The Kier molecular flexibility index (Phi) is 27.1. The van der Waals surface area contributed by atoms with E-state index in [1.54, 1.807) is 73.5 Å². The van der Waals surface area contributed by atoms with Crippen molar-refractivity contribution in [3.63, 3.8) is 0 Å². The lowest BCUT2D eigenvalue weighted by atomic mass is 9.28. The fourth-order valence-corrected chi connectivity index (χ4v) is 17.5. The number of carbonyl (C=O) groups excluding carboxylic acids is 7. The average molecular weight is 1430 g/mol. The first kappa shape index (κ1) is 78.7. The van der Waals surface area contributed by atoms with Crippen LogP contribution in [-0.2, 0) is 62.4 Å². The van der Waals surface area contributed by atoms with Crippen molar-refractivity contribution in [3.05, 3.63) is 148 Å². The minimum Gasteiger partial charge on any atom is -0.481 e. The Morgan fingerprint density at radius 1 is 0.921 bits per heavy atom. The summed E-state index contributed by atoms with van der Waals surface area (Å²) in [7, 11) is -4.33. The summed E-state index contributed by atoms with van der Waals surface area (Å²) in [4.78, 5) is 134. The maximum absolute atomic E-state index is 14.1. The minimum atomic E-state index is -4.33. The highest BCUT2D eigenvalue weighted by Gasteiger charge is 2.79. The second kappa shape index (κ2) is 34.8. The number of primary amides is 1. The molecule has 5 aliphatic rings. The van der Waals surface area contributed by atoms with Crippen LogP contribution in [0.25, 0.3) is 0 Å².